The molecule has 2 aliphatic rings. The minimum absolute atomic E-state index is 0.0386. The maximum absolute atomic E-state index is 14.0. The molecule has 1 aromatic carbocycles. The minimum atomic E-state index is -0.628. The van der Waals surface area contributed by atoms with E-state index in [1.807, 2.05) is 4.90 Å². The van der Waals surface area contributed by atoms with Gasteiger partial charge in [0.05, 0.1) is 0 Å². The molecule has 1 aromatic heterocycles. The van der Waals surface area contributed by atoms with Gasteiger partial charge in [-0.2, -0.15) is 0 Å². The smallest absolute Gasteiger partial charge is 0.317 e. The van der Waals surface area contributed by atoms with Crippen molar-refractivity contribution < 1.29 is 13.6 Å². The minimum Gasteiger partial charge on any atom is -0.335 e. The highest BCUT2D eigenvalue weighted by Crippen LogP contribution is 2.34. The molecule has 4 rings (SSSR count). The van der Waals surface area contributed by atoms with Gasteiger partial charge in [-0.05, 0) is 37.8 Å². The summed E-state index contributed by atoms with van der Waals surface area (Å²) < 4.78 is 27.1. The van der Waals surface area contributed by atoms with Crippen molar-refractivity contribution in [3.63, 3.8) is 0 Å². The van der Waals surface area contributed by atoms with Gasteiger partial charge in [-0.15, -0.1) is 10.2 Å². The number of hydrogen-bond donors (Lipinski definition) is 1. The molecule has 28 heavy (non-hydrogen) atoms. The number of benzene rings is 1. The lowest BCUT2D eigenvalue weighted by Gasteiger charge is -2.33. The van der Waals surface area contributed by atoms with Crippen LogP contribution in [-0.2, 0) is 0 Å². The van der Waals surface area contributed by atoms with Crippen LogP contribution >= 0.6 is 11.3 Å². The fraction of sp³-hybridized carbons (Fsp3) is 0.550. The molecule has 2 aromatic rings. The molecule has 2 fully saturated rings. The second-order valence-electron chi connectivity index (χ2n) is 7.62. The molecule has 1 saturated heterocycles. The summed E-state index contributed by atoms with van der Waals surface area (Å²) in [6.45, 7) is 1.37. The first-order valence-corrected chi connectivity index (χ1v) is 10.8. The largest absolute Gasteiger partial charge is 0.335 e. The van der Waals surface area contributed by atoms with E-state index < -0.39 is 11.6 Å². The predicted molar refractivity (Wildman–Crippen MR) is 104 cm³/mol. The van der Waals surface area contributed by atoms with Crippen molar-refractivity contribution in [3.8, 4) is 10.6 Å². The third-order valence-electron chi connectivity index (χ3n) is 5.67. The quantitative estimate of drug-likeness (QED) is 0.803. The van der Waals surface area contributed by atoms with Crippen molar-refractivity contribution in [3.05, 3.63) is 34.8 Å². The third kappa shape index (κ3) is 4.32. The number of halogens is 2. The molecule has 0 unspecified atom stereocenters. The van der Waals surface area contributed by atoms with Gasteiger partial charge in [-0.25, -0.2) is 13.6 Å². The van der Waals surface area contributed by atoms with Crippen molar-refractivity contribution in [1.29, 1.82) is 0 Å². The summed E-state index contributed by atoms with van der Waals surface area (Å²) in [5.41, 5.74) is 0.273. The van der Waals surface area contributed by atoms with Crippen LogP contribution in [-0.4, -0.2) is 40.3 Å². The Morgan fingerprint density at radius 3 is 2.54 bits per heavy atom. The summed E-state index contributed by atoms with van der Waals surface area (Å²) in [7, 11) is 0. The lowest BCUT2D eigenvalue weighted by atomic mass is 9.95. The molecule has 1 saturated carbocycles. The Kier molecular flexibility index (Phi) is 5.85. The maximum atomic E-state index is 14.0. The number of likely N-dealkylation sites (tertiary alicyclic amines) is 1. The maximum Gasteiger partial charge on any atom is 0.317 e. The van der Waals surface area contributed by atoms with Crippen LogP contribution in [0.1, 0.15) is 55.9 Å². The van der Waals surface area contributed by atoms with Gasteiger partial charge < -0.3 is 10.2 Å². The van der Waals surface area contributed by atoms with E-state index in [9.17, 15) is 13.6 Å². The van der Waals surface area contributed by atoms with Gasteiger partial charge in [-0.3, -0.25) is 0 Å². The summed E-state index contributed by atoms with van der Waals surface area (Å²) in [6.07, 6.45) is 7.45. The molecule has 150 valence electrons. The Labute approximate surface area is 167 Å². The number of piperidine rings is 1. The monoisotopic (exact) mass is 406 g/mol. The van der Waals surface area contributed by atoms with Crippen molar-refractivity contribution in [2.45, 2.75) is 56.9 Å². The number of amides is 2. The van der Waals surface area contributed by atoms with Gasteiger partial charge in [0.2, 0.25) is 0 Å². The average Bonchev–Trinajstić information content (AvgIpc) is 3.19. The summed E-state index contributed by atoms with van der Waals surface area (Å²) in [5.74, 6) is -1.02. The molecule has 0 spiro atoms. The SMILES string of the molecule is O=C(NC1CCCCC1)N1CCC(c2nnc(-c3ccc(F)cc3F)s2)CC1. The van der Waals surface area contributed by atoms with E-state index in [1.54, 1.807) is 0 Å². The fourth-order valence-electron chi connectivity index (χ4n) is 4.01. The van der Waals surface area contributed by atoms with E-state index in [-0.39, 0.29) is 17.5 Å². The van der Waals surface area contributed by atoms with Crippen LogP contribution in [0.3, 0.4) is 0 Å². The van der Waals surface area contributed by atoms with Gasteiger partial charge in [-0.1, -0.05) is 30.6 Å². The van der Waals surface area contributed by atoms with E-state index in [4.69, 9.17) is 0 Å². The third-order valence-corrected chi connectivity index (χ3v) is 6.79. The normalized spacial score (nSPS) is 19.0. The lowest BCUT2D eigenvalue weighted by molar-refractivity contribution is 0.174. The second-order valence-corrected chi connectivity index (χ2v) is 8.62. The molecule has 1 N–H and O–H groups in total. The van der Waals surface area contributed by atoms with Crippen LogP contribution < -0.4 is 5.32 Å². The van der Waals surface area contributed by atoms with Gasteiger partial charge in [0.15, 0.2) is 5.01 Å². The zero-order chi connectivity index (χ0) is 19.5. The zero-order valence-corrected chi connectivity index (χ0v) is 16.5. The van der Waals surface area contributed by atoms with Crippen molar-refractivity contribution in [2.75, 3.05) is 13.1 Å². The van der Waals surface area contributed by atoms with Crippen LogP contribution in [0.15, 0.2) is 18.2 Å². The fourth-order valence-corrected chi connectivity index (χ4v) is 5.05. The van der Waals surface area contributed by atoms with Crippen molar-refractivity contribution in [2.24, 2.45) is 0 Å². The van der Waals surface area contributed by atoms with Gasteiger partial charge in [0.25, 0.3) is 0 Å². The molecular weight excluding hydrogens is 382 g/mol. The van der Waals surface area contributed by atoms with Crippen LogP contribution in [0.5, 0.6) is 0 Å². The van der Waals surface area contributed by atoms with E-state index in [1.165, 1.54) is 42.7 Å². The number of carbonyl (C=O) groups excluding carboxylic acids is 1. The average molecular weight is 407 g/mol. The van der Waals surface area contributed by atoms with E-state index >= 15 is 0 Å². The highest BCUT2D eigenvalue weighted by Gasteiger charge is 2.28. The summed E-state index contributed by atoms with van der Waals surface area (Å²) in [4.78, 5) is 14.4. The molecule has 1 aliphatic carbocycles. The summed E-state index contributed by atoms with van der Waals surface area (Å²) >= 11 is 1.35. The van der Waals surface area contributed by atoms with Gasteiger partial charge >= 0.3 is 6.03 Å². The standard InChI is InChI=1S/C20H24F2N4OS/c21-14-6-7-16(17(22)12-14)19-25-24-18(28-19)13-8-10-26(11-9-13)20(27)23-15-4-2-1-3-5-15/h6-7,12-13,15H,1-5,8-11H2,(H,23,27). The number of rotatable bonds is 3. The van der Waals surface area contributed by atoms with E-state index in [0.717, 1.165) is 36.8 Å². The molecule has 1 aliphatic heterocycles. The van der Waals surface area contributed by atoms with Crippen molar-refractivity contribution >= 4 is 17.4 Å². The summed E-state index contributed by atoms with van der Waals surface area (Å²) in [6, 6.07) is 3.84. The van der Waals surface area contributed by atoms with E-state index in [0.29, 0.717) is 24.1 Å². The Balaban J connectivity index is 1.34. The number of nitrogens with one attached hydrogen (secondary N) is 1. The Morgan fingerprint density at radius 2 is 1.82 bits per heavy atom. The second kappa shape index (κ2) is 8.51. The summed E-state index contributed by atoms with van der Waals surface area (Å²) in [5, 5.41) is 12.8. The number of carbonyl (C=O) groups is 1. The molecule has 0 bridgehead atoms. The molecule has 2 heterocycles. The molecule has 8 heteroatoms. The Morgan fingerprint density at radius 1 is 1.07 bits per heavy atom. The molecule has 5 nitrogen and oxygen atoms in total. The van der Waals surface area contributed by atoms with Crippen LogP contribution in [0.2, 0.25) is 0 Å². The first kappa shape index (κ1) is 19.2. The number of hydrogen-bond acceptors (Lipinski definition) is 4. The molecule has 2 amide bonds. The predicted octanol–water partition coefficient (Wildman–Crippen LogP) is 4.71. The topological polar surface area (TPSA) is 58.1 Å². The Hall–Kier alpha value is -2.09. The first-order chi connectivity index (χ1) is 13.6. The molecule has 0 atom stereocenters. The highest BCUT2D eigenvalue weighted by molar-refractivity contribution is 7.14. The number of urea groups is 1. The number of aromatic nitrogens is 2. The molecular formula is C20H24F2N4OS. The first-order valence-electron chi connectivity index (χ1n) is 9.94. The lowest BCUT2D eigenvalue weighted by Crippen LogP contribution is -2.48. The van der Waals surface area contributed by atoms with Gasteiger partial charge in [0, 0.05) is 36.7 Å². The molecule has 0 radical (unpaired) electrons. The number of nitrogens with zero attached hydrogens (tertiary/aromatic N) is 3. The van der Waals surface area contributed by atoms with Crippen LogP contribution in [0.4, 0.5) is 13.6 Å². The van der Waals surface area contributed by atoms with Crippen LogP contribution in [0.25, 0.3) is 10.6 Å². The van der Waals surface area contributed by atoms with Crippen LogP contribution in [0, 0.1) is 11.6 Å². The van der Waals surface area contributed by atoms with E-state index in [2.05, 4.69) is 15.5 Å². The Bertz CT molecular complexity index is 829. The van der Waals surface area contributed by atoms with Gasteiger partial charge in [0.1, 0.15) is 16.6 Å². The zero-order valence-electron chi connectivity index (χ0n) is 15.7. The highest BCUT2D eigenvalue weighted by atomic mass is 32.1. The van der Waals surface area contributed by atoms with Crippen molar-refractivity contribution in [1.82, 2.24) is 20.4 Å².